The Balaban J connectivity index is 1.52. The van der Waals surface area contributed by atoms with Gasteiger partial charge in [-0.3, -0.25) is 0 Å². The Morgan fingerprint density at radius 2 is 1.62 bits per heavy atom. The second-order valence-electron chi connectivity index (χ2n) is 7.44. The number of benzene rings is 1. The van der Waals surface area contributed by atoms with Gasteiger partial charge in [0.15, 0.2) is 11.6 Å². The summed E-state index contributed by atoms with van der Waals surface area (Å²) in [5, 5.41) is -0.0590. The van der Waals surface area contributed by atoms with Crippen LogP contribution in [0, 0.1) is 41.2 Å². The summed E-state index contributed by atoms with van der Waals surface area (Å²) in [5.41, 5.74) is 0.434. The Kier molecular flexibility index (Phi) is 3.48. The van der Waals surface area contributed by atoms with E-state index in [1.165, 1.54) is 38.2 Å². The van der Waals surface area contributed by atoms with E-state index in [-0.39, 0.29) is 5.38 Å². The Morgan fingerprint density at radius 1 is 1.00 bits per heavy atom. The highest BCUT2D eigenvalue weighted by atomic mass is 35.5. The Morgan fingerprint density at radius 3 is 2.24 bits per heavy atom. The predicted octanol–water partition coefficient (Wildman–Crippen LogP) is 5.19. The molecule has 0 spiro atoms. The summed E-state index contributed by atoms with van der Waals surface area (Å²) in [6.07, 6.45) is 7.13. The second kappa shape index (κ2) is 5.22. The first-order valence-electron chi connectivity index (χ1n) is 8.18. The maximum atomic E-state index is 13.9. The topological polar surface area (TPSA) is 0 Å². The van der Waals surface area contributed by atoms with Crippen molar-refractivity contribution < 1.29 is 8.78 Å². The molecule has 114 valence electrons. The molecule has 0 amide bonds. The van der Waals surface area contributed by atoms with Gasteiger partial charge >= 0.3 is 0 Å². The van der Waals surface area contributed by atoms with Crippen LogP contribution in [0.4, 0.5) is 8.78 Å². The van der Waals surface area contributed by atoms with Crippen LogP contribution in [0.2, 0.25) is 0 Å². The predicted molar refractivity (Wildman–Crippen MR) is 80.2 cm³/mol. The quantitative estimate of drug-likeness (QED) is 0.674. The summed E-state index contributed by atoms with van der Waals surface area (Å²) < 4.78 is 27.2. The summed E-state index contributed by atoms with van der Waals surface area (Å²) in [7, 11) is 0. The van der Waals surface area contributed by atoms with Crippen molar-refractivity contribution in [2.75, 3.05) is 0 Å². The van der Waals surface area contributed by atoms with E-state index in [1.807, 2.05) is 0 Å². The Bertz CT molecular complexity index is 514. The molecule has 21 heavy (non-hydrogen) atoms. The van der Waals surface area contributed by atoms with E-state index in [1.54, 1.807) is 12.1 Å². The lowest BCUT2D eigenvalue weighted by Crippen LogP contribution is -2.48. The van der Waals surface area contributed by atoms with Crippen LogP contribution in [0.25, 0.3) is 0 Å². The number of halogens is 3. The van der Waals surface area contributed by atoms with E-state index in [2.05, 4.69) is 0 Å². The van der Waals surface area contributed by atoms with E-state index < -0.39 is 11.6 Å². The molecule has 0 nitrogen and oxygen atoms in total. The van der Waals surface area contributed by atoms with Crippen LogP contribution in [0.5, 0.6) is 0 Å². The van der Waals surface area contributed by atoms with Crippen LogP contribution in [0.3, 0.4) is 0 Å². The largest absolute Gasteiger partial charge is 0.204 e. The molecule has 1 aromatic rings. The van der Waals surface area contributed by atoms with E-state index in [0.717, 1.165) is 23.7 Å². The van der Waals surface area contributed by atoms with Gasteiger partial charge in [-0.15, -0.1) is 11.6 Å². The third-order valence-electron chi connectivity index (χ3n) is 6.16. The minimum atomic E-state index is -0.763. The SMILES string of the molecule is Fc1cccc(CC(Cl)C2C3CC4CC(C3)CC2C4)c1F. The molecule has 3 heteroatoms. The monoisotopic (exact) mass is 310 g/mol. The fraction of sp³-hybridized carbons (Fsp3) is 0.667. The molecule has 1 unspecified atom stereocenters. The summed E-state index contributed by atoms with van der Waals surface area (Å²) >= 11 is 6.69. The lowest BCUT2D eigenvalue weighted by molar-refractivity contribution is -0.0377. The molecule has 0 aliphatic heterocycles. The average Bonchev–Trinajstić information content (AvgIpc) is 2.42. The zero-order valence-electron chi connectivity index (χ0n) is 12.1. The van der Waals surface area contributed by atoms with Crippen LogP contribution in [0.15, 0.2) is 18.2 Å². The highest BCUT2D eigenvalue weighted by Crippen LogP contribution is 2.58. The lowest BCUT2D eigenvalue weighted by Gasteiger charge is -2.55. The smallest absolute Gasteiger partial charge is 0.162 e. The van der Waals surface area contributed by atoms with Crippen LogP contribution in [0.1, 0.15) is 37.7 Å². The normalized spacial score (nSPS) is 38.7. The number of hydrogen-bond acceptors (Lipinski definition) is 0. The first kappa shape index (κ1) is 14.0. The third kappa shape index (κ3) is 2.40. The van der Waals surface area contributed by atoms with Crippen molar-refractivity contribution in [3.8, 4) is 0 Å². The molecule has 0 saturated heterocycles. The van der Waals surface area contributed by atoms with Gasteiger partial charge < -0.3 is 0 Å². The van der Waals surface area contributed by atoms with E-state index in [0.29, 0.717) is 17.9 Å². The molecule has 0 radical (unpaired) electrons. The molecular formula is C18H21ClF2. The zero-order valence-corrected chi connectivity index (χ0v) is 12.8. The highest BCUT2D eigenvalue weighted by Gasteiger charge is 2.50. The van der Waals surface area contributed by atoms with Crippen molar-refractivity contribution >= 4 is 11.6 Å². The van der Waals surface area contributed by atoms with Gasteiger partial charge in [0.2, 0.25) is 0 Å². The number of hydrogen-bond donors (Lipinski definition) is 0. The van der Waals surface area contributed by atoms with Gasteiger partial charge in [-0.2, -0.15) is 0 Å². The molecule has 0 aromatic heterocycles. The molecule has 1 aromatic carbocycles. The first-order valence-corrected chi connectivity index (χ1v) is 8.62. The summed E-state index contributed by atoms with van der Waals surface area (Å²) in [6.45, 7) is 0. The fourth-order valence-electron chi connectivity index (χ4n) is 5.61. The average molecular weight is 311 g/mol. The molecule has 0 heterocycles. The summed E-state index contributed by atoms with van der Waals surface area (Å²) in [4.78, 5) is 0. The van der Waals surface area contributed by atoms with Crippen molar-refractivity contribution in [1.29, 1.82) is 0 Å². The van der Waals surface area contributed by atoms with Crippen molar-refractivity contribution in [2.45, 2.75) is 43.9 Å². The number of alkyl halides is 1. The molecule has 0 N–H and O–H groups in total. The molecule has 4 saturated carbocycles. The fourth-order valence-corrected chi connectivity index (χ4v) is 6.19. The van der Waals surface area contributed by atoms with Gasteiger partial charge in [-0.05, 0) is 79.7 Å². The van der Waals surface area contributed by atoms with Gasteiger partial charge in [0.05, 0.1) is 0 Å². The van der Waals surface area contributed by atoms with Crippen LogP contribution < -0.4 is 0 Å². The summed E-state index contributed by atoms with van der Waals surface area (Å²) in [5.74, 6) is 2.30. The van der Waals surface area contributed by atoms with Crippen molar-refractivity contribution in [1.82, 2.24) is 0 Å². The van der Waals surface area contributed by atoms with Gasteiger partial charge in [-0.25, -0.2) is 8.78 Å². The van der Waals surface area contributed by atoms with E-state index >= 15 is 0 Å². The molecular weight excluding hydrogens is 290 g/mol. The number of rotatable bonds is 3. The maximum Gasteiger partial charge on any atom is 0.162 e. The van der Waals surface area contributed by atoms with Crippen LogP contribution in [-0.4, -0.2) is 5.38 Å². The molecule has 1 atom stereocenters. The van der Waals surface area contributed by atoms with Crippen molar-refractivity contribution in [3.05, 3.63) is 35.4 Å². The third-order valence-corrected chi connectivity index (χ3v) is 6.61. The van der Waals surface area contributed by atoms with Crippen molar-refractivity contribution in [3.63, 3.8) is 0 Å². The molecule has 4 bridgehead atoms. The first-order chi connectivity index (χ1) is 10.1. The molecule has 5 rings (SSSR count). The van der Waals surface area contributed by atoms with Crippen LogP contribution >= 0.6 is 11.6 Å². The van der Waals surface area contributed by atoms with Gasteiger partial charge in [0.1, 0.15) is 0 Å². The van der Waals surface area contributed by atoms with Crippen LogP contribution in [-0.2, 0) is 6.42 Å². The summed E-state index contributed by atoms with van der Waals surface area (Å²) in [6, 6.07) is 4.42. The van der Waals surface area contributed by atoms with Gasteiger partial charge in [-0.1, -0.05) is 12.1 Å². The zero-order chi connectivity index (χ0) is 14.6. The lowest BCUT2D eigenvalue weighted by atomic mass is 9.51. The second-order valence-corrected chi connectivity index (χ2v) is 8.00. The maximum absolute atomic E-state index is 13.9. The minimum absolute atomic E-state index is 0.0590. The standard InChI is InChI=1S/C18H21ClF2/c19-15(9-12-2-1-3-16(20)18(12)21)17-13-5-10-4-11(7-13)8-14(17)6-10/h1-3,10-11,13-15,17H,4-9H2. The van der Waals surface area contributed by atoms with Gasteiger partial charge in [0.25, 0.3) is 0 Å². The van der Waals surface area contributed by atoms with E-state index in [9.17, 15) is 8.78 Å². The Hall–Kier alpha value is -0.630. The van der Waals surface area contributed by atoms with Crippen molar-refractivity contribution in [2.24, 2.45) is 29.6 Å². The molecule has 4 aliphatic carbocycles. The molecule has 4 aliphatic rings. The Labute approximate surface area is 129 Å². The van der Waals surface area contributed by atoms with E-state index in [4.69, 9.17) is 11.6 Å². The van der Waals surface area contributed by atoms with Gasteiger partial charge in [0, 0.05) is 5.38 Å². The molecule has 4 fully saturated rings. The highest BCUT2D eigenvalue weighted by molar-refractivity contribution is 6.21. The minimum Gasteiger partial charge on any atom is -0.204 e.